The molecule has 4 rings (SSSR count). The zero-order valence-corrected chi connectivity index (χ0v) is 16.1. The smallest absolute Gasteiger partial charge is 0.237 e. The summed E-state index contributed by atoms with van der Waals surface area (Å²) in [6, 6.07) is 15.5. The van der Waals surface area contributed by atoms with E-state index in [1.165, 1.54) is 0 Å². The monoisotopic (exact) mass is 376 g/mol. The van der Waals surface area contributed by atoms with Crippen molar-refractivity contribution in [3.05, 3.63) is 60.6 Å². The third kappa shape index (κ3) is 3.66. The number of piperazine rings is 1. The Morgan fingerprint density at radius 2 is 1.93 bits per heavy atom. The highest BCUT2D eigenvalue weighted by molar-refractivity contribution is 5.82. The zero-order chi connectivity index (χ0) is 19.5. The van der Waals surface area contributed by atoms with Crippen molar-refractivity contribution in [3.8, 4) is 17.2 Å². The van der Waals surface area contributed by atoms with E-state index < -0.39 is 0 Å². The van der Waals surface area contributed by atoms with E-state index in [1.54, 1.807) is 10.9 Å². The SMILES string of the molecule is CC(C)N1CCNC(=O)[C@@H]1Cc1nc(-c2ccccc2)nn1-c1ccccn1. The number of amides is 1. The number of nitrogens with zero attached hydrogens (tertiary/aromatic N) is 5. The molecule has 2 aromatic heterocycles. The summed E-state index contributed by atoms with van der Waals surface area (Å²) < 4.78 is 1.75. The molecule has 0 spiro atoms. The summed E-state index contributed by atoms with van der Waals surface area (Å²) in [4.78, 5) is 24.0. The lowest BCUT2D eigenvalue weighted by molar-refractivity contribution is -0.130. The van der Waals surface area contributed by atoms with Crippen molar-refractivity contribution in [1.82, 2.24) is 30.0 Å². The summed E-state index contributed by atoms with van der Waals surface area (Å²) in [5, 5.41) is 7.69. The van der Waals surface area contributed by atoms with Gasteiger partial charge in [0.1, 0.15) is 5.82 Å². The molecule has 3 heterocycles. The molecular weight excluding hydrogens is 352 g/mol. The molecule has 1 aromatic carbocycles. The Labute approximate surface area is 164 Å². The normalized spacial score (nSPS) is 17.7. The second kappa shape index (κ2) is 7.90. The molecule has 28 heavy (non-hydrogen) atoms. The summed E-state index contributed by atoms with van der Waals surface area (Å²) in [5.41, 5.74) is 0.937. The fourth-order valence-electron chi connectivity index (χ4n) is 3.58. The Kier molecular flexibility index (Phi) is 5.16. The van der Waals surface area contributed by atoms with Crippen LogP contribution in [0.15, 0.2) is 54.7 Å². The average Bonchev–Trinajstić information content (AvgIpc) is 3.14. The molecule has 144 valence electrons. The second-order valence-corrected chi connectivity index (χ2v) is 7.16. The molecule has 7 heteroatoms. The number of aromatic nitrogens is 4. The van der Waals surface area contributed by atoms with Crippen LogP contribution >= 0.6 is 0 Å². The van der Waals surface area contributed by atoms with E-state index in [0.29, 0.717) is 24.6 Å². The van der Waals surface area contributed by atoms with Crippen molar-refractivity contribution in [1.29, 1.82) is 0 Å². The maximum Gasteiger partial charge on any atom is 0.237 e. The van der Waals surface area contributed by atoms with E-state index in [4.69, 9.17) is 10.1 Å². The van der Waals surface area contributed by atoms with Crippen LogP contribution in [0.1, 0.15) is 19.7 Å². The molecule has 0 aliphatic carbocycles. The van der Waals surface area contributed by atoms with Crippen molar-refractivity contribution >= 4 is 5.91 Å². The molecule has 3 aromatic rings. The van der Waals surface area contributed by atoms with Gasteiger partial charge in [0.25, 0.3) is 0 Å². The first-order valence-electron chi connectivity index (χ1n) is 9.59. The van der Waals surface area contributed by atoms with Crippen LogP contribution in [0.2, 0.25) is 0 Å². The lowest BCUT2D eigenvalue weighted by Gasteiger charge is -2.37. The second-order valence-electron chi connectivity index (χ2n) is 7.16. The van der Waals surface area contributed by atoms with Gasteiger partial charge in [-0.15, -0.1) is 5.10 Å². The van der Waals surface area contributed by atoms with Gasteiger partial charge in [-0.05, 0) is 26.0 Å². The number of pyridine rings is 1. The third-order valence-electron chi connectivity index (χ3n) is 4.98. The predicted octanol–water partition coefficient (Wildman–Crippen LogP) is 2.08. The van der Waals surface area contributed by atoms with Crippen LogP contribution in [-0.2, 0) is 11.2 Å². The molecule has 1 atom stereocenters. The van der Waals surface area contributed by atoms with Gasteiger partial charge in [0, 0.05) is 37.3 Å². The van der Waals surface area contributed by atoms with Gasteiger partial charge in [0.15, 0.2) is 11.6 Å². The van der Waals surface area contributed by atoms with E-state index in [9.17, 15) is 4.79 Å². The number of nitrogens with one attached hydrogen (secondary N) is 1. The van der Waals surface area contributed by atoms with Crippen LogP contribution in [0.5, 0.6) is 0 Å². The summed E-state index contributed by atoms with van der Waals surface area (Å²) in [5.74, 6) is 2.09. The molecule has 0 bridgehead atoms. The Balaban J connectivity index is 1.74. The van der Waals surface area contributed by atoms with Crippen LogP contribution in [0.3, 0.4) is 0 Å². The zero-order valence-electron chi connectivity index (χ0n) is 16.1. The molecule has 1 saturated heterocycles. The van der Waals surface area contributed by atoms with E-state index >= 15 is 0 Å². The first-order chi connectivity index (χ1) is 13.6. The highest BCUT2D eigenvalue weighted by Gasteiger charge is 2.33. The van der Waals surface area contributed by atoms with Crippen LogP contribution in [0.25, 0.3) is 17.2 Å². The largest absolute Gasteiger partial charge is 0.353 e. The fraction of sp³-hybridized carbons (Fsp3) is 0.333. The lowest BCUT2D eigenvalue weighted by atomic mass is 10.1. The van der Waals surface area contributed by atoms with Crippen molar-refractivity contribution in [2.24, 2.45) is 0 Å². The Morgan fingerprint density at radius 1 is 1.14 bits per heavy atom. The minimum atomic E-state index is -0.274. The number of hydrogen-bond donors (Lipinski definition) is 1. The van der Waals surface area contributed by atoms with Crippen molar-refractivity contribution in [2.75, 3.05) is 13.1 Å². The summed E-state index contributed by atoms with van der Waals surface area (Å²) in [6.07, 6.45) is 2.21. The molecule has 0 radical (unpaired) electrons. The summed E-state index contributed by atoms with van der Waals surface area (Å²) >= 11 is 0. The molecule has 0 saturated carbocycles. The van der Waals surface area contributed by atoms with Gasteiger partial charge in [0.05, 0.1) is 6.04 Å². The van der Waals surface area contributed by atoms with Gasteiger partial charge >= 0.3 is 0 Å². The minimum Gasteiger partial charge on any atom is -0.353 e. The van der Waals surface area contributed by atoms with Crippen molar-refractivity contribution in [3.63, 3.8) is 0 Å². The van der Waals surface area contributed by atoms with Crippen LogP contribution < -0.4 is 5.32 Å². The van der Waals surface area contributed by atoms with Gasteiger partial charge < -0.3 is 5.32 Å². The number of benzene rings is 1. The Hall–Kier alpha value is -3.06. The fourth-order valence-corrected chi connectivity index (χ4v) is 3.58. The van der Waals surface area contributed by atoms with Gasteiger partial charge in [-0.2, -0.15) is 4.68 Å². The maximum absolute atomic E-state index is 12.6. The van der Waals surface area contributed by atoms with E-state index in [1.807, 2.05) is 48.5 Å². The molecule has 1 aliphatic rings. The molecular formula is C21H24N6O. The molecule has 1 aliphatic heterocycles. The van der Waals surface area contributed by atoms with Crippen molar-refractivity contribution in [2.45, 2.75) is 32.4 Å². The van der Waals surface area contributed by atoms with Crippen LogP contribution in [0.4, 0.5) is 0 Å². The van der Waals surface area contributed by atoms with Gasteiger partial charge in [-0.1, -0.05) is 36.4 Å². The Morgan fingerprint density at radius 3 is 2.64 bits per heavy atom. The van der Waals surface area contributed by atoms with E-state index in [2.05, 4.69) is 29.0 Å². The predicted molar refractivity (Wildman–Crippen MR) is 107 cm³/mol. The first-order valence-corrected chi connectivity index (χ1v) is 9.59. The highest BCUT2D eigenvalue weighted by atomic mass is 16.2. The number of carbonyl (C=O) groups is 1. The first kappa shape index (κ1) is 18.3. The van der Waals surface area contributed by atoms with E-state index in [-0.39, 0.29) is 18.0 Å². The maximum atomic E-state index is 12.6. The van der Waals surface area contributed by atoms with Crippen LogP contribution in [-0.4, -0.2) is 55.7 Å². The summed E-state index contributed by atoms with van der Waals surface area (Å²) in [6.45, 7) is 5.74. The van der Waals surface area contributed by atoms with Gasteiger partial charge in [-0.25, -0.2) is 9.97 Å². The Bertz CT molecular complexity index is 938. The standard InChI is InChI=1S/C21H24N6O/c1-15(2)26-13-12-23-21(28)17(26)14-19-24-20(16-8-4-3-5-9-16)25-27(19)18-10-6-7-11-22-18/h3-11,15,17H,12-14H2,1-2H3,(H,23,28)/t17-/m0/s1. The van der Waals surface area contributed by atoms with Crippen molar-refractivity contribution < 1.29 is 4.79 Å². The third-order valence-corrected chi connectivity index (χ3v) is 4.98. The quantitative estimate of drug-likeness (QED) is 0.738. The van der Waals surface area contributed by atoms with Gasteiger partial charge in [-0.3, -0.25) is 9.69 Å². The van der Waals surface area contributed by atoms with Crippen LogP contribution in [0, 0.1) is 0 Å². The average molecular weight is 376 g/mol. The van der Waals surface area contributed by atoms with E-state index in [0.717, 1.165) is 17.9 Å². The molecule has 7 nitrogen and oxygen atoms in total. The number of hydrogen-bond acceptors (Lipinski definition) is 5. The molecule has 1 amide bonds. The summed E-state index contributed by atoms with van der Waals surface area (Å²) in [7, 11) is 0. The lowest BCUT2D eigenvalue weighted by Crippen LogP contribution is -2.58. The number of rotatable bonds is 5. The highest BCUT2D eigenvalue weighted by Crippen LogP contribution is 2.20. The topological polar surface area (TPSA) is 75.9 Å². The van der Waals surface area contributed by atoms with Gasteiger partial charge in [0.2, 0.25) is 5.91 Å². The molecule has 1 N–H and O–H groups in total. The molecule has 1 fully saturated rings. The number of carbonyl (C=O) groups excluding carboxylic acids is 1. The molecule has 0 unspecified atom stereocenters. The minimum absolute atomic E-state index is 0.0387.